The first-order chi connectivity index (χ1) is 14.1. The topological polar surface area (TPSA) is 56.2 Å². The summed E-state index contributed by atoms with van der Waals surface area (Å²) in [4.78, 5) is 20.0. The SMILES string of the molecule is CCOc1cc2c(cc1/C=C/C(=O)N1CCN(c3cc[nH+]cc3)CC1)O[C@H](C)C2. The van der Waals surface area contributed by atoms with Crippen LogP contribution in [0.25, 0.3) is 6.08 Å². The summed E-state index contributed by atoms with van der Waals surface area (Å²) in [7, 11) is 0. The molecule has 0 radical (unpaired) electrons. The number of hydrogen-bond donors (Lipinski definition) is 0. The summed E-state index contributed by atoms with van der Waals surface area (Å²) in [6, 6.07) is 8.15. The summed E-state index contributed by atoms with van der Waals surface area (Å²) in [5.41, 5.74) is 3.23. The van der Waals surface area contributed by atoms with E-state index in [9.17, 15) is 4.79 Å². The predicted molar refractivity (Wildman–Crippen MR) is 112 cm³/mol. The van der Waals surface area contributed by atoms with E-state index in [2.05, 4.69) is 28.9 Å². The van der Waals surface area contributed by atoms with Crippen molar-refractivity contribution >= 4 is 17.7 Å². The van der Waals surface area contributed by atoms with Gasteiger partial charge in [0, 0.05) is 67.6 Å². The highest BCUT2D eigenvalue weighted by atomic mass is 16.5. The molecule has 1 fully saturated rings. The van der Waals surface area contributed by atoms with Crippen LogP contribution in [0.15, 0.2) is 42.7 Å². The number of carbonyl (C=O) groups excluding carboxylic acids is 1. The molecule has 2 aliphatic heterocycles. The molecule has 1 saturated heterocycles. The molecule has 2 aliphatic rings. The Kier molecular flexibility index (Phi) is 5.69. The highest BCUT2D eigenvalue weighted by Gasteiger charge is 2.22. The zero-order valence-electron chi connectivity index (χ0n) is 17.1. The summed E-state index contributed by atoms with van der Waals surface area (Å²) in [5, 5.41) is 0. The van der Waals surface area contributed by atoms with Gasteiger partial charge >= 0.3 is 0 Å². The molecule has 0 spiro atoms. The van der Waals surface area contributed by atoms with Crippen LogP contribution in [0, 0.1) is 0 Å². The van der Waals surface area contributed by atoms with Gasteiger partial charge in [0.15, 0.2) is 12.4 Å². The van der Waals surface area contributed by atoms with Crippen molar-refractivity contribution in [1.82, 2.24) is 4.90 Å². The number of hydrogen-bond acceptors (Lipinski definition) is 4. The zero-order valence-corrected chi connectivity index (χ0v) is 17.1. The number of fused-ring (bicyclic) bond motifs is 1. The van der Waals surface area contributed by atoms with Crippen LogP contribution in [0.5, 0.6) is 11.5 Å². The zero-order chi connectivity index (χ0) is 20.2. The molecule has 152 valence electrons. The normalized spacial score (nSPS) is 18.6. The third-order valence-electron chi connectivity index (χ3n) is 5.39. The maximum atomic E-state index is 12.7. The summed E-state index contributed by atoms with van der Waals surface area (Å²) >= 11 is 0. The Hall–Kier alpha value is -3.02. The number of nitrogens with one attached hydrogen (secondary N) is 1. The third-order valence-corrected chi connectivity index (χ3v) is 5.39. The molecular formula is C23H28N3O3+. The van der Waals surface area contributed by atoms with E-state index in [4.69, 9.17) is 9.47 Å². The average molecular weight is 394 g/mol. The quantitative estimate of drug-likeness (QED) is 0.732. The van der Waals surface area contributed by atoms with Gasteiger partial charge in [0.2, 0.25) is 5.91 Å². The maximum Gasteiger partial charge on any atom is 0.246 e. The van der Waals surface area contributed by atoms with Crippen LogP contribution in [0.3, 0.4) is 0 Å². The summed E-state index contributed by atoms with van der Waals surface area (Å²) in [6.45, 7) is 7.71. The highest BCUT2D eigenvalue weighted by Crippen LogP contribution is 2.35. The number of anilines is 1. The van der Waals surface area contributed by atoms with E-state index >= 15 is 0 Å². The van der Waals surface area contributed by atoms with E-state index in [1.54, 1.807) is 6.08 Å². The fraction of sp³-hybridized carbons (Fsp3) is 0.391. The van der Waals surface area contributed by atoms with E-state index in [0.29, 0.717) is 19.7 Å². The molecule has 29 heavy (non-hydrogen) atoms. The molecule has 6 nitrogen and oxygen atoms in total. The minimum absolute atomic E-state index is 0.0308. The number of H-pyrrole nitrogens is 1. The Morgan fingerprint density at radius 3 is 2.72 bits per heavy atom. The molecule has 0 unspecified atom stereocenters. The number of aromatic nitrogens is 1. The Balaban J connectivity index is 1.42. The monoisotopic (exact) mass is 394 g/mol. The van der Waals surface area contributed by atoms with Crippen molar-refractivity contribution in [3.63, 3.8) is 0 Å². The lowest BCUT2D eigenvalue weighted by Gasteiger charge is -2.35. The van der Waals surface area contributed by atoms with E-state index in [1.807, 2.05) is 42.4 Å². The van der Waals surface area contributed by atoms with Crippen LogP contribution < -0.4 is 19.4 Å². The number of nitrogens with zero attached hydrogens (tertiary/aromatic N) is 2. The van der Waals surface area contributed by atoms with Gasteiger partial charge in [-0.15, -0.1) is 0 Å². The molecular weight excluding hydrogens is 366 g/mol. The van der Waals surface area contributed by atoms with E-state index in [1.165, 1.54) is 11.3 Å². The molecule has 1 aromatic heterocycles. The molecule has 1 N–H and O–H groups in total. The second-order valence-corrected chi connectivity index (χ2v) is 7.47. The smallest absolute Gasteiger partial charge is 0.246 e. The lowest BCUT2D eigenvalue weighted by atomic mass is 10.1. The summed E-state index contributed by atoms with van der Waals surface area (Å²) in [5.74, 6) is 1.73. The number of amides is 1. The van der Waals surface area contributed by atoms with Crippen molar-refractivity contribution in [2.45, 2.75) is 26.4 Å². The van der Waals surface area contributed by atoms with Crippen molar-refractivity contribution in [2.75, 3.05) is 37.7 Å². The first-order valence-electron chi connectivity index (χ1n) is 10.3. The third kappa shape index (κ3) is 4.36. The van der Waals surface area contributed by atoms with Crippen LogP contribution in [-0.2, 0) is 11.2 Å². The fourth-order valence-electron chi connectivity index (χ4n) is 3.91. The van der Waals surface area contributed by atoms with Gasteiger partial charge in [-0.1, -0.05) is 0 Å². The second-order valence-electron chi connectivity index (χ2n) is 7.47. The van der Waals surface area contributed by atoms with Crippen molar-refractivity contribution < 1.29 is 19.3 Å². The fourth-order valence-corrected chi connectivity index (χ4v) is 3.91. The molecule has 1 atom stereocenters. The van der Waals surface area contributed by atoms with E-state index in [0.717, 1.165) is 36.6 Å². The van der Waals surface area contributed by atoms with Gasteiger partial charge in [0.25, 0.3) is 0 Å². The van der Waals surface area contributed by atoms with Gasteiger partial charge in [0.1, 0.15) is 17.6 Å². The minimum atomic E-state index is 0.0308. The number of rotatable bonds is 5. The molecule has 1 amide bonds. The lowest BCUT2D eigenvalue weighted by molar-refractivity contribution is -0.377. The second kappa shape index (κ2) is 8.55. The Morgan fingerprint density at radius 2 is 2.00 bits per heavy atom. The van der Waals surface area contributed by atoms with Gasteiger partial charge in [0.05, 0.1) is 6.61 Å². The van der Waals surface area contributed by atoms with Crippen LogP contribution in [0.4, 0.5) is 5.69 Å². The molecule has 2 aromatic rings. The predicted octanol–water partition coefficient (Wildman–Crippen LogP) is 2.58. The van der Waals surface area contributed by atoms with Gasteiger partial charge in [-0.3, -0.25) is 4.79 Å². The van der Waals surface area contributed by atoms with Crippen LogP contribution in [0.2, 0.25) is 0 Å². The van der Waals surface area contributed by atoms with Crippen molar-refractivity contribution in [2.24, 2.45) is 0 Å². The first-order valence-corrected chi connectivity index (χ1v) is 10.3. The van der Waals surface area contributed by atoms with Gasteiger partial charge in [-0.25, -0.2) is 4.98 Å². The first kappa shape index (κ1) is 19.3. The highest BCUT2D eigenvalue weighted by molar-refractivity contribution is 5.92. The van der Waals surface area contributed by atoms with Gasteiger partial charge < -0.3 is 19.3 Å². The molecule has 4 rings (SSSR count). The van der Waals surface area contributed by atoms with Crippen LogP contribution in [-0.4, -0.2) is 49.7 Å². The Bertz CT molecular complexity index is 890. The molecule has 0 aliphatic carbocycles. The number of ether oxygens (including phenoxy) is 2. The van der Waals surface area contributed by atoms with Gasteiger partial charge in [-0.2, -0.15) is 0 Å². The number of carbonyl (C=O) groups is 1. The molecule has 0 bridgehead atoms. The van der Waals surface area contributed by atoms with Crippen molar-refractivity contribution in [3.8, 4) is 11.5 Å². The van der Waals surface area contributed by atoms with Crippen LogP contribution >= 0.6 is 0 Å². The standard InChI is InChI=1S/C23H27N3O3/c1-3-28-21-16-19-14-17(2)29-22(19)15-18(21)4-5-23(27)26-12-10-25(11-13-26)20-6-8-24-9-7-20/h4-9,15-17H,3,10-14H2,1-2H3/p+1/b5-4+/t17-/m1/s1. The molecule has 0 saturated carbocycles. The molecule has 1 aromatic carbocycles. The Morgan fingerprint density at radius 1 is 1.24 bits per heavy atom. The van der Waals surface area contributed by atoms with Crippen molar-refractivity contribution in [1.29, 1.82) is 0 Å². The average Bonchev–Trinajstić information content (AvgIpc) is 3.11. The molecule has 3 heterocycles. The van der Waals surface area contributed by atoms with Crippen molar-refractivity contribution in [3.05, 3.63) is 53.9 Å². The van der Waals surface area contributed by atoms with E-state index in [-0.39, 0.29) is 12.0 Å². The summed E-state index contributed by atoms with van der Waals surface area (Å²) in [6.07, 6.45) is 8.41. The Labute approximate surface area is 171 Å². The number of aromatic amines is 1. The number of piperazine rings is 1. The van der Waals surface area contributed by atoms with Gasteiger partial charge in [-0.05, 0) is 32.1 Å². The molecule has 6 heteroatoms. The number of benzene rings is 1. The lowest BCUT2D eigenvalue weighted by Crippen LogP contribution is -2.48. The number of pyridine rings is 1. The van der Waals surface area contributed by atoms with E-state index < -0.39 is 0 Å². The maximum absolute atomic E-state index is 12.7. The van der Waals surface area contributed by atoms with Crippen LogP contribution in [0.1, 0.15) is 25.0 Å². The minimum Gasteiger partial charge on any atom is -0.493 e. The summed E-state index contributed by atoms with van der Waals surface area (Å²) < 4.78 is 11.7. The largest absolute Gasteiger partial charge is 0.493 e.